The van der Waals surface area contributed by atoms with E-state index in [1.807, 2.05) is 23.9 Å². The van der Waals surface area contributed by atoms with E-state index in [0.29, 0.717) is 22.8 Å². The summed E-state index contributed by atoms with van der Waals surface area (Å²) < 4.78 is 5.27. The molecule has 1 saturated heterocycles. The summed E-state index contributed by atoms with van der Waals surface area (Å²) in [6, 6.07) is 6.23. The van der Waals surface area contributed by atoms with Crippen molar-refractivity contribution in [2.75, 3.05) is 37.7 Å². The Morgan fingerprint density at radius 2 is 2.00 bits per heavy atom. The molecule has 2 heterocycles. The average molecular weight is 396 g/mol. The number of thioether (sulfide) groups is 1. The summed E-state index contributed by atoms with van der Waals surface area (Å²) in [6.45, 7) is 4.42. The van der Waals surface area contributed by atoms with Crippen LogP contribution in [-0.2, 0) is 9.53 Å². The maximum atomic E-state index is 12.7. The zero-order valence-electron chi connectivity index (χ0n) is 14.6. The topological polar surface area (TPSA) is 70.7 Å². The molecule has 1 fully saturated rings. The number of hydrogen-bond acceptors (Lipinski definition) is 5. The third-order valence-corrected chi connectivity index (χ3v) is 5.53. The number of ether oxygens (including phenoxy) is 1. The van der Waals surface area contributed by atoms with Crippen molar-refractivity contribution in [2.24, 2.45) is 0 Å². The molecule has 0 aromatic heterocycles. The summed E-state index contributed by atoms with van der Waals surface area (Å²) in [6.07, 6.45) is 0. The smallest absolute Gasteiger partial charge is 0.338 e. The largest absolute Gasteiger partial charge is 0.463 e. The first-order valence-corrected chi connectivity index (χ1v) is 10.1. The Labute approximate surface area is 162 Å². The molecule has 2 aliphatic rings. The molecule has 2 amide bonds. The lowest BCUT2D eigenvalue weighted by molar-refractivity contribution is -0.139. The molecule has 1 aromatic rings. The van der Waals surface area contributed by atoms with Crippen LogP contribution >= 0.6 is 23.4 Å². The van der Waals surface area contributed by atoms with Crippen LogP contribution in [0, 0.1) is 0 Å². The molecule has 0 bridgehead atoms. The Hall–Kier alpha value is -1.70. The van der Waals surface area contributed by atoms with Crippen LogP contribution < -0.4 is 10.6 Å². The number of carbonyl (C=O) groups is 2. The number of amides is 2. The van der Waals surface area contributed by atoms with Crippen LogP contribution in [0.5, 0.6) is 0 Å². The number of hydrogen-bond donors (Lipinski definition) is 2. The van der Waals surface area contributed by atoms with Crippen molar-refractivity contribution in [3.63, 3.8) is 0 Å². The van der Waals surface area contributed by atoms with Gasteiger partial charge < -0.3 is 15.4 Å². The van der Waals surface area contributed by atoms with Gasteiger partial charge in [-0.1, -0.05) is 23.7 Å². The second kappa shape index (κ2) is 8.79. The van der Waals surface area contributed by atoms with Crippen LogP contribution in [0.3, 0.4) is 0 Å². The van der Waals surface area contributed by atoms with Gasteiger partial charge in [-0.3, -0.25) is 4.90 Å². The average Bonchev–Trinajstić information content (AvgIpc) is 2.63. The van der Waals surface area contributed by atoms with Gasteiger partial charge in [-0.25, -0.2) is 9.59 Å². The molecule has 0 aliphatic carbocycles. The molecule has 2 aliphatic heterocycles. The van der Waals surface area contributed by atoms with E-state index in [0.717, 1.165) is 30.2 Å². The number of carbonyl (C=O) groups excluding carboxylic acids is 2. The fraction of sp³-hybridized carbons (Fsp3) is 0.444. The minimum Gasteiger partial charge on any atom is -0.463 e. The van der Waals surface area contributed by atoms with E-state index in [-0.39, 0.29) is 12.6 Å². The minimum absolute atomic E-state index is 0.275. The highest BCUT2D eigenvalue weighted by Gasteiger charge is 2.34. The van der Waals surface area contributed by atoms with Gasteiger partial charge in [-0.15, -0.1) is 0 Å². The molecule has 6 nitrogen and oxygen atoms in total. The molecule has 3 rings (SSSR count). The van der Waals surface area contributed by atoms with Crippen molar-refractivity contribution in [3.8, 4) is 0 Å². The molecule has 0 saturated carbocycles. The van der Waals surface area contributed by atoms with E-state index >= 15 is 0 Å². The third-order valence-electron chi connectivity index (χ3n) is 4.34. The summed E-state index contributed by atoms with van der Waals surface area (Å²) in [4.78, 5) is 27.2. The second-order valence-electron chi connectivity index (χ2n) is 6.08. The Balaban J connectivity index is 1.96. The van der Waals surface area contributed by atoms with Gasteiger partial charge in [0.25, 0.3) is 0 Å². The highest BCUT2D eigenvalue weighted by Crippen LogP contribution is 2.29. The van der Waals surface area contributed by atoms with Crippen molar-refractivity contribution < 1.29 is 14.3 Å². The molecule has 0 radical (unpaired) electrons. The molecular formula is C18H22ClN3O3S. The fourth-order valence-electron chi connectivity index (χ4n) is 3.08. The third kappa shape index (κ3) is 4.52. The Kier molecular flexibility index (Phi) is 6.45. The number of urea groups is 1. The second-order valence-corrected chi connectivity index (χ2v) is 7.75. The number of benzene rings is 1. The first kappa shape index (κ1) is 19.1. The Morgan fingerprint density at radius 1 is 1.31 bits per heavy atom. The standard InChI is InChI=1S/C18H22ClN3O3S/c1-2-25-17(23)15-14(11-22-7-9-26-10-8-22)20-18(24)21-16(15)12-3-5-13(19)6-4-12/h3-6,16H,2,7-11H2,1H3,(H2,20,21,24)/t16-/m1/s1. The normalized spacial score (nSPS) is 21.2. The van der Waals surface area contributed by atoms with E-state index in [1.165, 1.54) is 0 Å². The molecule has 0 spiro atoms. The van der Waals surface area contributed by atoms with Crippen LogP contribution in [0.1, 0.15) is 18.5 Å². The lowest BCUT2D eigenvalue weighted by Crippen LogP contribution is -2.49. The zero-order valence-corrected chi connectivity index (χ0v) is 16.2. The number of halogens is 1. The highest BCUT2D eigenvalue weighted by atomic mass is 35.5. The number of esters is 1. The maximum absolute atomic E-state index is 12.7. The molecule has 2 N–H and O–H groups in total. The molecular weight excluding hydrogens is 374 g/mol. The van der Waals surface area contributed by atoms with Gasteiger partial charge in [0.15, 0.2) is 0 Å². The van der Waals surface area contributed by atoms with E-state index in [2.05, 4.69) is 15.5 Å². The fourth-order valence-corrected chi connectivity index (χ4v) is 4.19. The van der Waals surface area contributed by atoms with Crippen molar-refractivity contribution in [1.29, 1.82) is 0 Å². The minimum atomic E-state index is -0.561. The quantitative estimate of drug-likeness (QED) is 0.750. The van der Waals surface area contributed by atoms with E-state index in [4.69, 9.17) is 16.3 Å². The van der Waals surface area contributed by atoms with Crippen LogP contribution in [0.15, 0.2) is 35.5 Å². The summed E-state index contributed by atoms with van der Waals surface area (Å²) >= 11 is 7.89. The predicted octanol–water partition coefficient (Wildman–Crippen LogP) is 2.56. The molecule has 26 heavy (non-hydrogen) atoms. The van der Waals surface area contributed by atoms with Gasteiger partial charge in [0, 0.05) is 41.9 Å². The monoisotopic (exact) mass is 395 g/mol. The van der Waals surface area contributed by atoms with Gasteiger partial charge in [0.1, 0.15) is 0 Å². The van der Waals surface area contributed by atoms with Gasteiger partial charge in [0.2, 0.25) is 0 Å². The number of nitrogens with one attached hydrogen (secondary N) is 2. The maximum Gasteiger partial charge on any atom is 0.338 e. The van der Waals surface area contributed by atoms with Crippen molar-refractivity contribution in [2.45, 2.75) is 13.0 Å². The highest BCUT2D eigenvalue weighted by molar-refractivity contribution is 7.99. The summed E-state index contributed by atoms with van der Waals surface area (Å²) in [7, 11) is 0. The van der Waals surface area contributed by atoms with E-state index in [9.17, 15) is 9.59 Å². The Bertz CT molecular complexity index is 702. The number of nitrogens with zero attached hydrogens (tertiary/aromatic N) is 1. The van der Waals surface area contributed by atoms with Crippen molar-refractivity contribution >= 4 is 35.4 Å². The van der Waals surface area contributed by atoms with Crippen molar-refractivity contribution in [3.05, 3.63) is 46.1 Å². The molecule has 140 valence electrons. The predicted molar refractivity (Wildman–Crippen MR) is 103 cm³/mol. The van der Waals surface area contributed by atoms with Crippen molar-refractivity contribution in [1.82, 2.24) is 15.5 Å². The first-order chi connectivity index (χ1) is 12.6. The SMILES string of the molecule is CCOC(=O)C1=C(CN2CCSCC2)NC(=O)N[C@@H]1c1ccc(Cl)cc1. The van der Waals surface area contributed by atoms with Crippen LogP contribution in [-0.4, -0.2) is 54.6 Å². The lowest BCUT2D eigenvalue weighted by atomic mass is 9.95. The van der Waals surface area contributed by atoms with Crippen LogP contribution in [0.25, 0.3) is 0 Å². The zero-order chi connectivity index (χ0) is 18.5. The summed E-state index contributed by atoms with van der Waals surface area (Å²) in [5.41, 5.74) is 1.85. The summed E-state index contributed by atoms with van der Waals surface area (Å²) in [5.74, 6) is 1.69. The van der Waals surface area contributed by atoms with Gasteiger partial charge in [0.05, 0.1) is 18.2 Å². The molecule has 8 heteroatoms. The first-order valence-electron chi connectivity index (χ1n) is 8.61. The van der Waals surface area contributed by atoms with Gasteiger partial charge >= 0.3 is 12.0 Å². The molecule has 1 aromatic carbocycles. The van der Waals surface area contributed by atoms with Crippen LogP contribution in [0.4, 0.5) is 4.79 Å². The Morgan fingerprint density at radius 3 is 2.65 bits per heavy atom. The molecule has 0 unspecified atom stereocenters. The van der Waals surface area contributed by atoms with E-state index < -0.39 is 12.0 Å². The van der Waals surface area contributed by atoms with E-state index in [1.54, 1.807) is 19.1 Å². The lowest BCUT2D eigenvalue weighted by Gasteiger charge is -2.33. The number of rotatable bonds is 5. The van der Waals surface area contributed by atoms with Gasteiger partial charge in [-0.05, 0) is 24.6 Å². The van der Waals surface area contributed by atoms with Gasteiger partial charge in [-0.2, -0.15) is 11.8 Å². The molecule has 1 atom stereocenters. The summed E-state index contributed by atoms with van der Waals surface area (Å²) in [5, 5.41) is 6.25. The van der Waals surface area contributed by atoms with Crippen LogP contribution in [0.2, 0.25) is 5.02 Å².